The molecule has 0 fully saturated rings. The molecule has 18 aromatic rings. The summed E-state index contributed by atoms with van der Waals surface area (Å²) < 4.78 is 53.0. The molecule has 0 aliphatic heterocycles. The Kier molecular flexibility index (Phi) is 37.4. The van der Waals surface area contributed by atoms with E-state index < -0.39 is 28.7 Å². The van der Waals surface area contributed by atoms with Crippen LogP contribution >= 0.6 is 120 Å². The molecular weight excluding hydrogens is 2120 g/mol. The largest absolute Gasteiger partial charge is 0.309 e. The van der Waals surface area contributed by atoms with E-state index in [9.17, 15) is 9.59 Å². The van der Waals surface area contributed by atoms with Gasteiger partial charge in [-0.1, -0.05) is 438 Å². The molecule has 0 bridgehead atoms. The van der Waals surface area contributed by atoms with Crippen molar-refractivity contribution in [3.05, 3.63) is 491 Å². The van der Waals surface area contributed by atoms with Gasteiger partial charge in [-0.3, -0.25) is 20.1 Å². The number of aldehydes is 1. The summed E-state index contributed by atoms with van der Waals surface area (Å²) in [5, 5.41) is 21.2. The standard InChI is InChI=1S/C62H50NO3P3.C26H20Br3N.C12H10ClP.C9H9BrO.C8H7BrO.CH4.H2O2/c1-45-34-37-48(42-60(45)67(64,52-22-10-4-11-23-52)53-24-12-5-13-25-53)51-40-58(49-38-35-46(2)61(43-49)68(65,54-26-14-6-15-27-54)55-28-16-7-17-29-55)63-59(41-51)50-39-36-47(3)62(44-50)69(66,56-30-18-8-19-31-56)57-32-20-9-21-33-57;1-15-4-7-18(10-22(15)27)21-13-25(19-8-5-16(2)23(28)11-19)30-26(14-21)20-9-6-17(3)24(29)12-20;13-14(11-7-3-1-4-8-11)12-9-5-2-6-10-12;1-6-3-4-8(7(2)11)5-9(6)10;1-6-2-3-7(5-10)4-8(6)9;;1-2/h4-44H,1-3H3;4-14H,1-3H3;1-10H;3-5H,1-2H3;2-5H,1H3;1H4;1-2H. The van der Waals surface area contributed by atoms with Crippen LogP contribution in [-0.2, 0) is 13.7 Å². The van der Waals surface area contributed by atoms with Crippen molar-refractivity contribution in [2.45, 2.75) is 69.7 Å². The van der Waals surface area contributed by atoms with Crippen LogP contribution in [0.25, 0.3) is 67.3 Å². The Morgan fingerprint density at radius 3 is 0.759 bits per heavy atom. The van der Waals surface area contributed by atoms with E-state index in [0.29, 0.717) is 17.0 Å². The molecular formula is C118H102Br5ClN2O7P4. The second-order valence-electron chi connectivity index (χ2n) is 32.6. The SMILES string of the molecule is C.CC(=O)c1ccc(C)c(Br)c1.Cc1ccc(-c2cc(-c3ccc(C)c(Br)c3)nc(-c3ccc(C)c(Br)c3)c2)cc1Br.Cc1ccc(-c2cc(-c3ccc(C)c(P(=O)(c4ccccc4)c4ccccc4)c3)nc(-c3ccc(C)c(P(=O)(c4ccccc4)c4ccccc4)c3)c2)cc1P(=O)(c1ccccc1)c1ccccc1.Cc1ccc(C=O)cc1Br.ClP(c1ccccc1)c1ccccc1.OO. The lowest BCUT2D eigenvalue weighted by Crippen LogP contribution is -2.27. The lowest BCUT2D eigenvalue weighted by molar-refractivity contribution is -0.176. The fourth-order valence-electron chi connectivity index (χ4n) is 15.5. The van der Waals surface area contributed by atoms with Crippen molar-refractivity contribution >= 4 is 190 Å². The maximum absolute atomic E-state index is 15.9. The van der Waals surface area contributed by atoms with Crippen molar-refractivity contribution < 1.29 is 33.8 Å². The number of ketones is 1. The molecule has 0 amide bonds. The second-order valence-corrected chi connectivity index (χ2v) is 47.7. The highest BCUT2D eigenvalue weighted by Gasteiger charge is 2.35. The van der Waals surface area contributed by atoms with E-state index in [4.69, 9.17) is 31.7 Å². The highest BCUT2D eigenvalue weighted by molar-refractivity contribution is 9.11. The third-order valence-corrected chi connectivity index (χ3v) is 39.8. The Morgan fingerprint density at radius 1 is 0.277 bits per heavy atom. The van der Waals surface area contributed by atoms with Gasteiger partial charge in [0.1, 0.15) is 6.29 Å². The number of halogens is 6. The Labute approximate surface area is 853 Å². The molecule has 9 nitrogen and oxygen atoms in total. The highest BCUT2D eigenvalue weighted by atomic mass is 79.9. The van der Waals surface area contributed by atoms with Crippen LogP contribution in [0.1, 0.15) is 79.6 Å². The zero-order valence-electron chi connectivity index (χ0n) is 76.2. The third-order valence-electron chi connectivity index (χ3n) is 23.3. The molecule has 18 rings (SSSR count). The first-order valence-corrected chi connectivity index (χ1v) is 55.0. The van der Waals surface area contributed by atoms with Crippen LogP contribution in [0.15, 0.2) is 435 Å². The van der Waals surface area contributed by atoms with Crippen molar-refractivity contribution in [3.8, 4) is 67.3 Å². The monoisotopic (exact) mass is 2210 g/mol. The second kappa shape index (κ2) is 48.9. The first kappa shape index (κ1) is 105. The van der Waals surface area contributed by atoms with Crippen LogP contribution < -0.4 is 58.3 Å². The van der Waals surface area contributed by atoms with Gasteiger partial charge in [0.2, 0.25) is 0 Å². The van der Waals surface area contributed by atoms with Gasteiger partial charge >= 0.3 is 0 Å². The Hall–Kier alpha value is -11.1. The smallest absolute Gasteiger partial charge is 0.171 e. The number of pyridine rings is 2. The molecule has 2 aromatic heterocycles. The maximum atomic E-state index is 15.9. The molecule has 16 aromatic carbocycles. The molecule has 2 N–H and O–H groups in total. The predicted molar refractivity (Wildman–Crippen MR) is 601 cm³/mol. The third kappa shape index (κ3) is 25.3. The van der Waals surface area contributed by atoms with Crippen molar-refractivity contribution in [2.75, 3.05) is 0 Å². The molecule has 0 atom stereocenters. The number of aryl methyl sites for hydroxylation is 8. The van der Waals surface area contributed by atoms with Crippen molar-refractivity contribution in [1.29, 1.82) is 0 Å². The van der Waals surface area contributed by atoms with Gasteiger partial charge in [-0.05, 0) is 212 Å². The minimum absolute atomic E-state index is 0. The molecule has 0 saturated carbocycles. The van der Waals surface area contributed by atoms with Crippen molar-refractivity contribution in [1.82, 2.24) is 9.97 Å². The highest BCUT2D eigenvalue weighted by Crippen LogP contribution is 2.49. The number of carbonyl (C=O) groups excluding carboxylic acids is 2. The van der Waals surface area contributed by atoms with E-state index in [2.05, 4.69) is 222 Å². The molecule has 0 aliphatic carbocycles. The zero-order valence-corrected chi connectivity index (χ0v) is 88.5. The number of rotatable bonds is 19. The summed E-state index contributed by atoms with van der Waals surface area (Å²) in [6.45, 7) is 17.9. The van der Waals surface area contributed by atoms with E-state index in [1.54, 1.807) is 13.0 Å². The van der Waals surface area contributed by atoms with E-state index in [0.717, 1.165) is 166 Å². The van der Waals surface area contributed by atoms with Crippen LogP contribution in [0.4, 0.5) is 0 Å². The van der Waals surface area contributed by atoms with Gasteiger partial charge in [-0.2, -0.15) is 0 Å². The van der Waals surface area contributed by atoms with Gasteiger partial charge in [-0.25, -0.2) is 9.97 Å². The van der Waals surface area contributed by atoms with Gasteiger partial charge in [-0.15, -0.1) is 0 Å². The summed E-state index contributed by atoms with van der Waals surface area (Å²) in [6.07, 6.45) is 0.837. The molecule has 0 saturated heterocycles. The Balaban J connectivity index is 0.000000199. The molecule has 2 heterocycles. The predicted octanol–water partition coefficient (Wildman–Crippen LogP) is 30.7. The Bertz CT molecular complexity index is 6670. The molecule has 0 radical (unpaired) electrons. The lowest BCUT2D eigenvalue weighted by Gasteiger charge is -2.24. The number of Topliss-reactive ketones (excluding diaryl/α,β-unsaturated/α-hetero) is 1. The minimum Gasteiger partial charge on any atom is -0.309 e. The van der Waals surface area contributed by atoms with Crippen LogP contribution in [0, 0.1) is 55.4 Å². The molecule has 137 heavy (non-hydrogen) atoms. The topological polar surface area (TPSA) is 152 Å². The number of nitrogens with zero attached hydrogens (tertiary/aromatic N) is 2. The van der Waals surface area contributed by atoms with Gasteiger partial charge in [0.15, 0.2) is 27.2 Å². The van der Waals surface area contributed by atoms with Crippen molar-refractivity contribution in [3.63, 3.8) is 0 Å². The van der Waals surface area contributed by atoms with Gasteiger partial charge in [0.25, 0.3) is 0 Å². The lowest BCUT2D eigenvalue weighted by atomic mass is 9.98. The maximum Gasteiger partial charge on any atom is 0.171 e. The first-order valence-electron chi connectivity index (χ1n) is 43.7. The number of benzene rings is 16. The fraction of sp³-hybridized carbons (Fsp3) is 0.0847. The summed E-state index contributed by atoms with van der Waals surface area (Å²) in [5.41, 5.74) is 21.2. The average Bonchev–Trinajstić information content (AvgIpc) is 0.749. The number of hydrogen-bond acceptors (Lipinski definition) is 9. The van der Waals surface area contributed by atoms with Gasteiger partial charge in [0, 0.05) is 103 Å². The number of hydrogen-bond donors (Lipinski definition) is 2. The summed E-state index contributed by atoms with van der Waals surface area (Å²) in [5.74, 6) is 0.103. The molecule has 0 unspecified atom stereocenters. The van der Waals surface area contributed by atoms with Crippen LogP contribution in [0.3, 0.4) is 0 Å². The summed E-state index contributed by atoms with van der Waals surface area (Å²) in [7, 11) is -10.8. The first-order chi connectivity index (χ1) is 65.6. The summed E-state index contributed by atoms with van der Waals surface area (Å²) in [6, 6.07) is 136. The molecule has 0 aliphatic rings. The average molecular weight is 2220 g/mol. The summed E-state index contributed by atoms with van der Waals surface area (Å²) >= 11 is 24.1. The fourth-order valence-corrected chi connectivity index (χ4v) is 28.0. The van der Waals surface area contributed by atoms with E-state index >= 15 is 13.7 Å². The van der Waals surface area contributed by atoms with Gasteiger partial charge < -0.3 is 13.7 Å². The number of aromatic nitrogens is 2. The van der Waals surface area contributed by atoms with Crippen LogP contribution in [-0.4, -0.2) is 32.6 Å². The Morgan fingerprint density at radius 2 is 0.496 bits per heavy atom. The minimum atomic E-state index is -3.37. The van der Waals surface area contributed by atoms with Crippen LogP contribution in [0.5, 0.6) is 0 Å². The normalized spacial score (nSPS) is 11.0. The van der Waals surface area contributed by atoms with Crippen LogP contribution in [0.2, 0.25) is 0 Å². The van der Waals surface area contributed by atoms with E-state index in [1.165, 1.54) is 27.3 Å². The van der Waals surface area contributed by atoms with E-state index in [1.807, 2.05) is 320 Å². The summed E-state index contributed by atoms with van der Waals surface area (Å²) in [4.78, 5) is 31.6. The number of carbonyl (C=O) groups is 2. The molecule has 0 spiro atoms. The molecule has 19 heteroatoms. The van der Waals surface area contributed by atoms with Crippen molar-refractivity contribution in [2.24, 2.45) is 0 Å². The molecule has 688 valence electrons. The van der Waals surface area contributed by atoms with E-state index in [-0.39, 0.29) is 13.2 Å². The van der Waals surface area contributed by atoms with Gasteiger partial charge in [0.05, 0.1) is 30.0 Å². The zero-order chi connectivity index (χ0) is 96.8. The quantitative estimate of drug-likeness (QED) is 0.0265.